The van der Waals surface area contributed by atoms with Crippen molar-refractivity contribution in [3.63, 3.8) is 0 Å². The summed E-state index contributed by atoms with van der Waals surface area (Å²) in [6, 6.07) is 0. The first kappa shape index (κ1) is 14.5. The van der Waals surface area contributed by atoms with E-state index in [4.69, 9.17) is 9.05 Å². The zero-order valence-electron chi connectivity index (χ0n) is 10.8. The fourth-order valence-electron chi connectivity index (χ4n) is 1.94. The second-order valence-corrected chi connectivity index (χ2v) is 9.00. The first-order valence-electron chi connectivity index (χ1n) is 5.42. The molecule has 0 aromatic heterocycles. The van der Waals surface area contributed by atoms with Gasteiger partial charge in [0.05, 0.1) is 4.87 Å². The van der Waals surface area contributed by atoms with Crippen LogP contribution in [0, 0.1) is 5.92 Å². The van der Waals surface area contributed by atoms with Crippen molar-refractivity contribution in [2.45, 2.75) is 43.6 Å². The third-order valence-corrected chi connectivity index (χ3v) is 6.89. The van der Waals surface area contributed by atoms with Gasteiger partial charge in [0.25, 0.3) is 0 Å². The summed E-state index contributed by atoms with van der Waals surface area (Å²) in [4.78, 5) is -0.0909. The molecule has 0 bridgehead atoms. The Balaban J connectivity index is 2.97. The van der Waals surface area contributed by atoms with Crippen molar-refractivity contribution in [3.8, 4) is 0 Å². The highest BCUT2D eigenvalue weighted by molar-refractivity contribution is 8.01. The average molecular weight is 267 g/mol. The van der Waals surface area contributed by atoms with E-state index >= 15 is 0 Å². The highest BCUT2D eigenvalue weighted by Gasteiger charge is 2.50. The molecule has 4 nitrogen and oxygen atoms in total. The number of thioether (sulfide) groups is 1. The normalized spacial score (nSPS) is 29.9. The minimum atomic E-state index is -3.05. The van der Waals surface area contributed by atoms with E-state index in [0.29, 0.717) is 5.92 Å². The van der Waals surface area contributed by atoms with E-state index < -0.39 is 7.60 Å². The van der Waals surface area contributed by atoms with Crippen molar-refractivity contribution in [2.24, 2.45) is 5.92 Å². The maximum absolute atomic E-state index is 12.4. The van der Waals surface area contributed by atoms with Gasteiger partial charge in [0.1, 0.15) is 5.78 Å². The summed E-state index contributed by atoms with van der Waals surface area (Å²) in [5.74, 6) is 0.186. The Bertz CT molecular complexity index is 288. The SMILES string of the molecule is COP(=O)(OC)[C@@H]1NC(C)(C)S[C@H]1C(C)C. The summed E-state index contributed by atoms with van der Waals surface area (Å²) >= 11 is 1.80. The molecule has 0 radical (unpaired) electrons. The lowest BCUT2D eigenvalue weighted by Gasteiger charge is -2.27. The largest absolute Gasteiger partial charge is 0.348 e. The maximum Gasteiger partial charge on any atom is 0.348 e. The third-order valence-electron chi connectivity index (χ3n) is 2.74. The molecular formula is C10H22NO3PS. The molecule has 0 saturated carbocycles. The molecule has 96 valence electrons. The highest BCUT2D eigenvalue weighted by atomic mass is 32.2. The quantitative estimate of drug-likeness (QED) is 0.794. The molecule has 0 amide bonds. The van der Waals surface area contributed by atoms with Crippen molar-refractivity contribution in [1.29, 1.82) is 0 Å². The lowest BCUT2D eigenvalue weighted by Crippen LogP contribution is -2.39. The van der Waals surface area contributed by atoms with E-state index in [2.05, 4.69) is 33.0 Å². The molecule has 1 aliphatic heterocycles. The Morgan fingerprint density at radius 1 is 1.31 bits per heavy atom. The van der Waals surface area contributed by atoms with Gasteiger partial charge in [-0.15, -0.1) is 11.8 Å². The van der Waals surface area contributed by atoms with E-state index in [-0.39, 0.29) is 15.9 Å². The third kappa shape index (κ3) is 2.82. The van der Waals surface area contributed by atoms with Gasteiger partial charge in [0, 0.05) is 19.5 Å². The Kier molecular flexibility index (Phi) is 4.53. The molecule has 0 aromatic rings. The Labute approximate surface area is 102 Å². The minimum Gasteiger partial charge on any atom is -0.311 e. The smallest absolute Gasteiger partial charge is 0.311 e. The van der Waals surface area contributed by atoms with Crippen LogP contribution in [0.2, 0.25) is 0 Å². The lowest BCUT2D eigenvalue weighted by molar-refractivity contribution is 0.253. The van der Waals surface area contributed by atoms with Crippen LogP contribution in [0.4, 0.5) is 0 Å². The minimum absolute atomic E-state index is 0.0909. The summed E-state index contributed by atoms with van der Waals surface area (Å²) in [5, 5.41) is 3.59. The first-order chi connectivity index (χ1) is 7.25. The Morgan fingerprint density at radius 3 is 2.19 bits per heavy atom. The van der Waals surface area contributed by atoms with Crippen molar-refractivity contribution < 1.29 is 13.6 Å². The monoisotopic (exact) mass is 267 g/mol. The van der Waals surface area contributed by atoms with Crippen LogP contribution in [-0.2, 0) is 13.6 Å². The van der Waals surface area contributed by atoms with Gasteiger partial charge in [0.2, 0.25) is 0 Å². The molecule has 1 heterocycles. The van der Waals surface area contributed by atoms with E-state index in [1.165, 1.54) is 14.2 Å². The predicted octanol–water partition coefficient (Wildman–Crippen LogP) is 2.90. The molecular weight excluding hydrogens is 245 g/mol. The summed E-state index contributed by atoms with van der Waals surface area (Å²) in [7, 11) is -0.163. The second kappa shape index (κ2) is 4.99. The van der Waals surface area contributed by atoms with Crippen molar-refractivity contribution in [2.75, 3.05) is 14.2 Å². The second-order valence-electron chi connectivity index (χ2n) is 4.83. The average Bonchev–Trinajstić information content (AvgIpc) is 2.54. The maximum atomic E-state index is 12.4. The number of hydrogen-bond acceptors (Lipinski definition) is 5. The van der Waals surface area contributed by atoms with Crippen LogP contribution >= 0.6 is 19.4 Å². The van der Waals surface area contributed by atoms with Crippen molar-refractivity contribution in [1.82, 2.24) is 5.32 Å². The molecule has 0 aromatic carbocycles. The van der Waals surface area contributed by atoms with E-state index in [0.717, 1.165) is 0 Å². The van der Waals surface area contributed by atoms with Gasteiger partial charge >= 0.3 is 7.60 Å². The van der Waals surface area contributed by atoms with Crippen LogP contribution in [0.25, 0.3) is 0 Å². The molecule has 2 atom stereocenters. The van der Waals surface area contributed by atoms with Crippen LogP contribution in [0.1, 0.15) is 27.7 Å². The van der Waals surface area contributed by atoms with Gasteiger partial charge in [0.15, 0.2) is 0 Å². The molecule has 0 aliphatic carbocycles. The van der Waals surface area contributed by atoms with Crippen LogP contribution in [-0.4, -0.2) is 30.1 Å². The van der Waals surface area contributed by atoms with Crippen molar-refractivity contribution in [3.05, 3.63) is 0 Å². The zero-order valence-corrected chi connectivity index (χ0v) is 12.5. The van der Waals surface area contributed by atoms with Crippen LogP contribution < -0.4 is 5.32 Å². The molecule has 1 saturated heterocycles. The van der Waals surface area contributed by atoms with Crippen LogP contribution in [0.15, 0.2) is 0 Å². The summed E-state index contributed by atoms with van der Waals surface area (Å²) in [6.07, 6.45) is 0. The predicted molar refractivity (Wildman–Crippen MR) is 68.8 cm³/mol. The summed E-state index contributed by atoms with van der Waals surface area (Å²) in [5.41, 5.74) is 0. The lowest BCUT2D eigenvalue weighted by atomic mass is 10.1. The van der Waals surface area contributed by atoms with Crippen LogP contribution in [0.5, 0.6) is 0 Å². The van der Waals surface area contributed by atoms with Gasteiger partial charge in [-0.2, -0.15) is 0 Å². The van der Waals surface area contributed by atoms with E-state index in [9.17, 15) is 4.57 Å². The van der Waals surface area contributed by atoms with E-state index in [1.807, 2.05) is 0 Å². The number of hydrogen-bond donors (Lipinski definition) is 1. The molecule has 6 heteroatoms. The van der Waals surface area contributed by atoms with Gasteiger partial charge < -0.3 is 9.05 Å². The van der Waals surface area contributed by atoms with E-state index in [1.54, 1.807) is 11.8 Å². The zero-order chi connectivity index (χ0) is 12.6. The number of rotatable bonds is 4. The molecule has 16 heavy (non-hydrogen) atoms. The molecule has 1 aliphatic rings. The summed E-state index contributed by atoms with van der Waals surface area (Å²) in [6.45, 7) is 8.43. The Hall–Kier alpha value is 0.460. The molecule has 0 unspecified atom stereocenters. The Morgan fingerprint density at radius 2 is 1.81 bits per heavy atom. The molecule has 0 spiro atoms. The van der Waals surface area contributed by atoms with Crippen molar-refractivity contribution >= 4 is 19.4 Å². The summed E-state index contributed by atoms with van der Waals surface area (Å²) < 4.78 is 22.6. The molecule has 1 fully saturated rings. The van der Waals surface area contributed by atoms with Crippen LogP contribution in [0.3, 0.4) is 0 Å². The fraction of sp³-hybridized carbons (Fsp3) is 1.00. The standard InChI is InChI=1S/C10H22NO3PS/c1-7(2)8-9(11-10(3,4)16-8)15(12,13-5)14-6/h7-9,11H,1-6H3/t8-,9-/m0/s1. The topological polar surface area (TPSA) is 47.6 Å². The van der Waals surface area contributed by atoms with Gasteiger partial charge in [-0.1, -0.05) is 13.8 Å². The fourth-order valence-corrected chi connectivity index (χ4v) is 5.79. The molecule has 1 N–H and O–H groups in total. The van der Waals surface area contributed by atoms with Gasteiger partial charge in [-0.05, 0) is 19.8 Å². The number of nitrogens with one attached hydrogen (secondary N) is 1. The van der Waals surface area contributed by atoms with Gasteiger partial charge in [-0.25, -0.2) is 0 Å². The first-order valence-corrected chi connectivity index (χ1v) is 7.91. The molecule has 1 rings (SSSR count). The van der Waals surface area contributed by atoms with Gasteiger partial charge in [-0.3, -0.25) is 9.88 Å². The highest BCUT2D eigenvalue weighted by Crippen LogP contribution is 2.59.